The van der Waals surface area contributed by atoms with Gasteiger partial charge in [0, 0.05) is 17.4 Å². The van der Waals surface area contributed by atoms with E-state index in [2.05, 4.69) is 15.5 Å². The van der Waals surface area contributed by atoms with Crippen LogP contribution in [0.4, 0.5) is 5.69 Å². The second-order valence-corrected chi connectivity index (χ2v) is 6.31. The summed E-state index contributed by atoms with van der Waals surface area (Å²) in [6.07, 6.45) is 5.89. The minimum atomic E-state index is -0.347. The number of hydrogen-bond donors (Lipinski definition) is 0. The summed E-state index contributed by atoms with van der Waals surface area (Å²) in [4.78, 5) is 10.7. The summed E-state index contributed by atoms with van der Waals surface area (Å²) in [5.74, 6) is 0.490. The highest BCUT2D eigenvalue weighted by molar-refractivity contribution is 7.98. The van der Waals surface area contributed by atoms with Crippen molar-refractivity contribution in [3.63, 3.8) is 0 Å². The first-order valence-electron chi connectivity index (χ1n) is 7.38. The van der Waals surface area contributed by atoms with E-state index in [1.54, 1.807) is 12.1 Å². The molecule has 22 heavy (non-hydrogen) atoms. The quantitative estimate of drug-likeness (QED) is 0.477. The van der Waals surface area contributed by atoms with Crippen LogP contribution in [0.3, 0.4) is 0 Å². The highest BCUT2D eigenvalue weighted by Crippen LogP contribution is 2.32. The van der Waals surface area contributed by atoms with Gasteiger partial charge in [-0.3, -0.25) is 10.1 Å². The Balaban J connectivity index is 1.72. The number of nitrogens with zero attached hydrogens (tertiary/aromatic N) is 5. The highest BCUT2D eigenvalue weighted by Gasteiger charge is 2.21. The number of nitro groups is 1. The van der Waals surface area contributed by atoms with Crippen molar-refractivity contribution in [1.82, 2.24) is 20.2 Å². The van der Waals surface area contributed by atoms with Gasteiger partial charge in [-0.25, -0.2) is 4.68 Å². The lowest BCUT2D eigenvalue weighted by Crippen LogP contribution is -2.15. The Morgan fingerprint density at radius 1 is 1.27 bits per heavy atom. The fraction of sp³-hybridized carbons (Fsp3) is 0.500. The van der Waals surface area contributed by atoms with Crippen molar-refractivity contribution >= 4 is 17.4 Å². The maximum absolute atomic E-state index is 11.0. The van der Waals surface area contributed by atoms with Crippen molar-refractivity contribution in [2.45, 2.75) is 49.1 Å². The molecule has 0 atom stereocenters. The predicted octanol–water partition coefficient (Wildman–Crippen LogP) is 3.38. The van der Waals surface area contributed by atoms with Crippen molar-refractivity contribution in [2.75, 3.05) is 0 Å². The molecule has 1 aliphatic rings. The van der Waals surface area contributed by atoms with Crippen molar-refractivity contribution in [3.8, 4) is 0 Å². The van der Waals surface area contributed by atoms with Gasteiger partial charge >= 0.3 is 0 Å². The number of thioether (sulfide) groups is 1. The fourth-order valence-corrected chi connectivity index (χ4v) is 3.73. The molecule has 0 saturated heterocycles. The molecule has 1 aromatic carbocycles. The first kappa shape index (κ1) is 15.0. The van der Waals surface area contributed by atoms with Crippen molar-refractivity contribution < 1.29 is 4.92 Å². The molecule has 0 aliphatic heterocycles. The first-order chi connectivity index (χ1) is 10.8. The maximum atomic E-state index is 11.0. The van der Waals surface area contributed by atoms with Gasteiger partial charge in [0.2, 0.25) is 5.16 Å². The summed E-state index contributed by atoms with van der Waals surface area (Å²) in [5.41, 5.74) is 0.836. The molecular weight excluding hydrogens is 302 g/mol. The Kier molecular flexibility index (Phi) is 4.67. The molecule has 1 aliphatic carbocycles. The standard InChI is InChI=1S/C14H17N5O2S/c20-19(21)13-9-5-4-6-11(13)10-22-14-15-16-17-18(14)12-7-2-1-3-8-12/h4-6,9,12H,1-3,7-8,10H2. The third-order valence-corrected chi connectivity index (χ3v) is 4.91. The molecule has 0 amide bonds. The van der Waals surface area contributed by atoms with Crippen molar-refractivity contribution in [2.24, 2.45) is 0 Å². The van der Waals surface area contributed by atoms with Crippen LogP contribution >= 0.6 is 11.8 Å². The second kappa shape index (κ2) is 6.87. The largest absolute Gasteiger partial charge is 0.273 e. The SMILES string of the molecule is O=[N+]([O-])c1ccccc1CSc1nnnn1C1CCCCC1. The Labute approximate surface area is 132 Å². The van der Waals surface area contributed by atoms with E-state index >= 15 is 0 Å². The van der Waals surface area contributed by atoms with Gasteiger partial charge in [0.25, 0.3) is 5.69 Å². The summed E-state index contributed by atoms with van der Waals surface area (Å²) in [7, 11) is 0. The third-order valence-electron chi connectivity index (χ3n) is 3.93. The number of hydrogen-bond acceptors (Lipinski definition) is 6. The van der Waals surface area contributed by atoms with Crippen LogP contribution in [-0.2, 0) is 5.75 Å². The normalized spacial score (nSPS) is 15.8. The van der Waals surface area contributed by atoms with Gasteiger partial charge in [-0.1, -0.05) is 49.2 Å². The van der Waals surface area contributed by atoms with Crippen LogP contribution in [0.1, 0.15) is 43.7 Å². The number of para-hydroxylation sites is 1. The number of benzene rings is 1. The molecule has 1 aromatic heterocycles. The van der Waals surface area contributed by atoms with Crippen molar-refractivity contribution in [1.29, 1.82) is 0 Å². The van der Waals surface area contributed by atoms with Gasteiger partial charge < -0.3 is 0 Å². The van der Waals surface area contributed by atoms with Crippen LogP contribution in [0.15, 0.2) is 29.4 Å². The van der Waals surface area contributed by atoms with Crippen LogP contribution in [0.2, 0.25) is 0 Å². The van der Waals surface area contributed by atoms with Gasteiger partial charge in [-0.05, 0) is 23.3 Å². The lowest BCUT2D eigenvalue weighted by molar-refractivity contribution is -0.385. The van der Waals surface area contributed by atoms with Crippen LogP contribution in [-0.4, -0.2) is 25.1 Å². The van der Waals surface area contributed by atoms with Gasteiger partial charge in [0.1, 0.15) is 0 Å². The molecule has 1 fully saturated rings. The molecule has 0 spiro atoms. The zero-order chi connectivity index (χ0) is 15.4. The molecule has 1 saturated carbocycles. The number of tetrazole rings is 1. The molecule has 3 rings (SSSR count). The van der Waals surface area contributed by atoms with Gasteiger partial charge in [0.15, 0.2) is 0 Å². The summed E-state index contributed by atoms with van der Waals surface area (Å²) in [5, 5.41) is 23.8. The lowest BCUT2D eigenvalue weighted by atomic mass is 9.96. The Morgan fingerprint density at radius 2 is 2.05 bits per heavy atom. The Bertz CT molecular complexity index is 654. The number of nitro benzene ring substituents is 1. The van der Waals surface area contributed by atoms with Gasteiger partial charge in [-0.2, -0.15) is 0 Å². The summed E-state index contributed by atoms with van der Waals surface area (Å²) in [6.45, 7) is 0. The minimum Gasteiger partial charge on any atom is -0.258 e. The summed E-state index contributed by atoms with van der Waals surface area (Å²) < 4.78 is 1.89. The number of rotatable bonds is 5. The molecule has 1 heterocycles. The Hall–Kier alpha value is -1.96. The average molecular weight is 319 g/mol. The van der Waals surface area contributed by atoms with E-state index in [-0.39, 0.29) is 10.6 Å². The molecule has 7 nitrogen and oxygen atoms in total. The highest BCUT2D eigenvalue weighted by atomic mass is 32.2. The second-order valence-electron chi connectivity index (χ2n) is 5.37. The molecular formula is C14H17N5O2S. The topological polar surface area (TPSA) is 86.7 Å². The fourth-order valence-electron chi connectivity index (χ4n) is 2.79. The maximum Gasteiger partial charge on any atom is 0.273 e. The summed E-state index contributed by atoms with van der Waals surface area (Å²) in [6, 6.07) is 7.16. The first-order valence-corrected chi connectivity index (χ1v) is 8.37. The molecule has 0 N–H and O–H groups in total. The molecule has 0 radical (unpaired) electrons. The number of aromatic nitrogens is 4. The minimum absolute atomic E-state index is 0.145. The monoisotopic (exact) mass is 319 g/mol. The zero-order valence-corrected chi connectivity index (χ0v) is 12.9. The van der Waals surface area contributed by atoms with E-state index in [1.165, 1.54) is 37.1 Å². The van der Waals surface area contributed by atoms with Crippen LogP contribution in [0.25, 0.3) is 0 Å². The van der Waals surface area contributed by atoms with Gasteiger partial charge in [-0.15, -0.1) is 5.10 Å². The van der Waals surface area contributed by atoms with Gasteiger partial charge in [0.05, 0.1) is 11.0 Å². The van der Waals surface area contributed by atoms with Crippen molar-refractivity contribution in [3.05, 3.63) is 39.9 Å². The third kappa shape index (κ3) is 3.27. The van der Waals surface area contributed by atoms with E-state index in [0.717, 1.165) is 18.0 Å². The van der Waals surface area contributed by atoms with Crippen LogP contribution in [0.5, 0.6) is 0 Å². The predicted molar refractivity (Wildman–Crippen MR) is 82.6 cm³/mol. The van der Waals surface area contributed by atoms with Crippen LogP contribution in [0, 0.1) is 10.1 Å². The molecule has 8 heteroatoms. The molecule has 0 unspecified atom stereocenters. The van der Waals surface area contributed by atoms with E-state index in [9.17, 15) is 10.1 Å². The van der Waals surface area contributed by atoms with E-state index in [1.807, 2.05) is 10.7 Å². The van der Waals surface area contributed by atoms with E-state index in [0.29, 0.717) is 17.4 Å². The summed E-state index contributed by atoms with van der Waals surface area (Å²) >= 11 is 1.45. The lowest BCUT2D eigenvalue weighted by Gasteiger charge is -2.21. The molecule has 0 bridgehead atoms. The zero-order valence-electron chi connectivity index (χ0n) is 12.1. The smallest absolute Gasteiger partial charge is 0.258 e. The Morgan fingerprint density at radius 3 is 2.82 bits per heavy atom. The van der Waals surface area contributed by atoms with E-state index < -0.39 is 0 Å². The van der Waals surface area contributed by atoms with E-state index in [4.69, 9.17) is 0 Å². The molecule has 2 aromatic rings. The molecule has 116 valence electrons. The van der Waals surface area contributed by atoms with Crippen LogP contribution < -0.4 is 0 Å². The average Bonchev–Trinajstić information content (AvgIpc) is 3.02.